The lowest BCUT2D eigenvalue weighted by Crippen LogP contribution is -2.09. The Labute approximate surface area is 73.1 Å². The van der Waals surface area contributed by atoms with E-state index in [1.807, 2.05) is 19.1 Å². The summed E-state index contributed by atoms with van der Waals surface area (Å²) in [6.45, 7) is 1.84. The average molecular weight is 187 g/mol. The minimum Gasteiger partial charge on any atom is -0.379 e. The van der Waals surface area contributed by atoms with Gasteiger partial charge in [-0.05, 0) is 18.6 Å². The van der Waals surface area contributed by atoms with E-state index in [2.05, 4.69) is 10.2 Å². The lowest BCUT2D eigenvalue weighted by atomic mass is 10.2. The van der Waals surface area contributed by atoms with Crippen molar-refractivity contribution in [3.05, 3.63) is 29.8 Å². The Hall–Kier alpha value is -0.910. The topological polar surface area (TPSA) is 61.5 Å². The first kappa shape index (κ1) is 9.18. The van der Waals surface area contributed by atoms with E-state index in [1.54, 1.807) is 12.1 Å². The van der Waals surface area contributed by atoms with Crippen LogP contribution in [0.3, 0.4) is 0 Å². The molecule has 1 aromatic rings. The number of rotatable bonds is 3. The fraction of sp³-hybridized carbons (Fsp3) is 0.143. The summed E-state index contributed by atoms with van der Waals surface area (Å²) in [5, 5.41) is 0. The van der Waals surface area contributed by atoms with Crippen molar-refractivity contribution in [2.24, 2.45) is 5.90 Å². The molecule has 5 heteroatoms. The summed E-state index contributed by atoms with van der Waals surface area (Å²) in [6.07, 6.45) is 0. The van der Waals surface area contributed by atoms with Crippen LogP contribution in [0.1, 0.15) is 5.56 Å². The molecular formula is C7H9NO3S. The van der Waals surface area contributed by atoms with Crippen molar-refractivity contribution in [3.8, 4) is 5.75 Å². The molecule has 1 atom stereocenters. The molecule has 1 aromatic carbocycles. The summed E-state index contributed by atoms with van der Waals surface area (Å²) < 4.78 is 19.5. The molecule has 0 aromatic heterocycles. The normalized spacial score (nSPS) is 12.5. The number of benzene rings is 1. The standard InChI is InChI=1S/C7H9NO3S/c1-6-4-2-3-5-7(6)10-12(9)11-8/h2-5H,8H2,1H3. The predicted octanol–water partition coefficient (Wildman–Crippen LogP) is 0.843. The fourth-order valence-corrected chi connectivity index (χ4v) is 1.12. The van der Waals surface area contributed by atoms with Crippen LogP contribution in [0.15, 0.2) is 24.3 Å². The first-order valence-corrected chi connectivity index (χ1v) is 4.27. The van der Waals surface area contributed by atoms with E-state index in [0.717, 1.165) is 5.56 Å². The van der Waals surface area contributed by atoms with Crippen molar-refractivity contribution in [2.45, 2.75) is 6.92 Å². The molecule has 1 rings (SSSR count). The van der Waals surface area contributed by atoms with Gasteiger partial charge in [0.05, 0.1) is 0 Å². The molecule has 0 saturated carbocycles. The van der Waals surface area contributed by atoms with Gasteiger partial charge in [0, 0.05) is 0 Å². The second-order valence-electron chi connectivity index (χ2n) is 2.15. The minimum atomic E-state index is -1.91. The molecule has 0 spiro atoms. The second-order valence-corrected chi connectivity index (χ2v) is 2.92. The Kier molecular flexibility index (Phi) is 3.21. The quantitative estimate of drug-likeness (QED) is 0.712. The van der Waals surface area contributed by atoms with Gasteiger partial charge in [0.25, 0.3) is 0 Å². The Morgan fingerprint density at radius 3 is 2.67 bits per heavy atom. The molecule has 12 heavy (non-hydrogen) atoms. The average Bonchev–Trinajstić information content (AvgIpc) is 2.09. The third kappa shape index (κ3) is 2.30. The van der Waals surface area contributed by atoms with E-state index >= 15 is 0 Å². The van der Waals surface area contributed by atoms with Gasteiger partial charge in [-0.1, -0.05) is 18.2 Å². The maximum absolute atomic E-state index is 10.7. The van der Waals surface area contributed by atoms with Gasteiger partial charge in [-0.2, -0.15) is 14.4 Å². The van der Waals surface area contributed by atoms with E-state index in [0.29, 0.717) is 5.75 Å². The number of para-hydroxylation sites is 1. The molecule has 1 unspecified atom stereocenters. The van der Waals surface area contributed by atoms with Gasteiger partial charge >= 0.3 is 11.4 Å². The maximum atomic E-state index is 10.7. The Morgan fingerprint density at radius 1 is 1.42 bits per heavy atom. The summed E-state index contributed by atoms with van der Waals surface area (Å²) >= 11 is -1.91. The fourth-order valence-electron chi connectivity index (χ4n) is 0.743. The van der Waals surface area contributed by atoms with Crippen molar-refractivity contribution in [2.75, 3.05) is 0 Å². The van der Waals surface area contributed by atoms with Gasteiger partial charge in [-0.15, -0.1) is 0 Å². The van der Waals surface area contributed by atoms with Crippen LogP contribution < -0.4 is 10.1 Å². The van der Waals surface area contributed by atoms with Crippen molar-refractivity contribution in [3.63, 3.8) is 0 Å². The van der Waals surface area contributed by atoms with E-state index in [1.165, 1.54) is 0 Å². The summed E-state index contributed by atoms with van der Waals surface area (Å²) in [6, 6.07) is 7.15. The molecule has 0 amide bonds. The highest BCUT2D eigenvalue weighted by Gasteiger charge is 2.02. The number of hydrogen-bond acceptors (Lipinski definition) is 4. The van der Waals surface area contributed by atoms with Crippen molar-refractivity contribution in [1.82, 2.24) is 0 Å². The van der Waals surface area contributed by atoms with E-state index in [-0.39, 0.29) is 0 Å². The lowest BCUT2D eigenvalue weighted by molar-refractivity contribution is 0.323. The molecule has 2 N–H and O–H groups in total. The zero-order valence-corrected chi connectivity index (χ0v) is 7.34. The molecule has 0 aliphatic carbocycles. The number of nitrogens with two attached hydrogens (primary N) is 1. The number of hydrogen-bond donors (Lipinski definition) is 1. The number of aryl methyl sites for hydroxylation is 1. The van der Waals surface area contributed by atoms with Crippen molar-refractivity contribution in [1.29, 1.82) is 0 Å². The molecule has 0 radical (unpaired) electrons. The summed E-state index contributed by atoms with van der Waals surface area (Å²) in [4.78, 5) is 0. The first-order valence-electron chi connectivity index (χ1n) is 3.27. The third-order valence-electron chi connectivity index (χ3n) is 1.33. The van der Waals surface area contributed by atoms with Crippen LogP contribution in [-0.2, 0) is 15.6 Å². The van der Waals surface area contributed by atoms with Gasteiger partial charge in [-0.25, -0.2) is 0 Å². The highest BCUT2D eigenvalue weighted by atomic mass is 32.2. The van der Waals surface area contributed by atoms with Crippen molar-refractivity contribution < 1.29 is 12.7 Å². The molecule has 4 nitrogen and oxygen atoms in total. The Bertz CT molecular complexity index is 290. The molecule has 0 fully saturated rings. The Balaban J connectivity index is 2.75. The summed E-state index contributed by atoms with van der Waals surface area (Å²) in [5.41, 5.74) is 0.878. The van der Waals surface area contributed by atoms with Crippen molar-refractivity contribution >= 4 is 11.4 Å². The zero-order valence-electron chi connectivity index (χ0n) is 6.52. The van der Waals surface area contributed by atoms with Crippen LogP contribution in [0.25, 0.3) is 0 Å². The van der Waals surface area contributed by atoms with Crippen LogP contribution in [-0.4, -0.2) is 4.21 Å². The van der Waals surface area contributed by atoms with Gasteiger partial charge in [0.1, 0.15) is 5.75 Å². The maximum Gasteiger partial charge on any atom is 0.377 e. The largest absolute Gasteiger partial charge is 0.379 e. The molecular weight excluding hydrogens is 178 g/mol. The molecule has 0 heterocycles. The third-order valence-corrected chi connectivity index (χ3v) is 1.80. The molecule has 0 bridgehead atoms. The van der Waals surface area contributed by atoms with Crippen LogP contribution in [0, 0.1) is 6.92 Å². The SMILES string of the molecule is Cc1ccccc1OS(=O)ON. The highest BCUT2D eigenvalue weighted by Crippen LogP contribution is 2.16. The molecule has 66 valence electrons. The van der Waals surface area contributed by atoms with Gasteiger partial charge < -0.3 is 4.18 Å². The van der Waals surface area contributed by atoms with Gasteiger partial charge in [-0.3, -0.25) is 0 Å². The molecule has 0 aliphatic heterocycles. The van der Waals surface area contributed by atoms with Gasteiger partial charge in [0.15, 0.2) is 0 Å². The highest BCUT2D eigenvalue weighted by molar-refractivity contribution is 7.75. The minimum absolute atomic E-state index is 0.501. The summed E-state index contributed by atoms with van der Waals surface area (Å²) in [7, 11) is 0. The first-order chi connectivity index (χ1) is 5.74. The second kappa shape index (κ2) is 4.20. The molecule has 0 aliphatic rings. The van der Waals surface area contributed by atoms with Gasteiger partial charge in [0.2, 0.25) is 0 Å². The predicted molar refractivity (Wildman–Crippen MR) is 45.2 cm³/mol. The van der Waals surface area contributed by atoms with Crippen LogP contribution in [0.5, 0.6) is 5.75 Å². The summed E-state index contributed by atoms with van der Waals surface area (Å²) in [5.74, 6) is 5.15. The van der Waals surface area contributed by atoms with E-state index < -0.39 is 11.4 Å². The monoisotopic (exact) mass is 187 g/mol. The molecule has 0 saturated heterocycles. The lowest BCUT2D eigenvalue weighted by Gasteiger charge is -2.03. The van der Waals surface area contributed by atoms with Crippen LogP contribution in [0.4, 0.5) is 0 Å². The smallest absolute Gasteiger partial charge is 0.377 e. The zero-order chi connectivity index (χ0) is 8.97. The van der Waals surface area contributed by atoms with E-state index in [9.17, 15) is 4.21 Å². The van der Waals surface area contributed by atoms with Crippen LogP contribution in [0.2, 0.25) is 0 Å². The van der Waals surface area contributed by atoms with Crippen LogP contribution >= 0.6 is 0 Å². The Morgan fingerprint density at radius 2 is 2.08 bits per heavy atom. The van der Waals surface area contributed by atoms with E-state index in [4.69, 9.17) is 4.18 Å².